The first-order valence-electron chi connectivity index (χ1n) is 6.11. The van der Waals surface area contributed by atoms with Gasteiger partial charge in [-0.05, 0) is 30.5 Å². The average molecular weight is 249 g/mol. The Balaban J connectivity index is 2.40. The third-order valence-electron chi connectivity index (χ3n) is 2.59. The molecule has 0 bridgehead atoms. The summed E-state index contributed by atoms with van der Waals surface area (Å²) in [5.74, 6) is -0.249. The highest BCUT2D eigenvalue weighted by molar-refractivity contribution is 5.89. The zero-order valence-electron chi connectivity index (χ0n) is 10.9. The maximum Gasteiger partial charge on any atom is 0.337 e. The first kappa shape index (κ1) is 14.2. The van der Waals surface area contributed by atoms with Crippen molar-refractivity contribution in [3.8, 4) is 0 Å². The average Bonchev–Trinajstić information content (AvgIpc) is 2.39. The molecular weight excluding hydrogens is 230 g/mol. The minimum atomic E-state index is -0.335. The Bertz CT molecular complexity index is 398. The monoisotopic (exact) mass is 249 g/mol. The van der Waals surface area contributed by atoms with Crippen molar-refractivity contribution < 1.29 is 14.3 Å². The number of nitrogens with one attached hydrogen (secondary N) is 1. The van der Waals surface area contributed by atoms with Crippen LogP contribution < -0.4 is 5.32 Å². The molecule has 18 heavy (non-hydrogen) atoms. The predicted molar refractivity (Wildman–Crippen MR) is 69.4 cm³/mol. The molecule has 0 aliphatic heterocycles. The molecule has 1 rings (SSSR count). The zero-order valence-corrected chi connectivity index (χ0v) is 10.9. The summed E-state index contributed by atoms with van der Waals surface area (Å²) in [5.41, 5.74) is 1.62. The Labute approximate surface area is 107 Å². The van der Waals surface area contributed by atoms with Gasteiger partial charge in [0.15, 0.2) is 0 Å². The molecule has 0 heterocycles. The molecule has 0 saturated heterocycles. The Morgan fingerprint density at radius 1 is 1.22 bits per heavy atom. The largest absolute Gasteiger partial charge is 0.465 e. The van der Waals surface area contributed by atoms with Crippen LogP contribution in [-0.4, -0.2) is 25.5 Å². The summed E-state index contributed by atoms with van der Waals surface area (Å²) < 4.78 is 4.62. The van der Waals surface area contributed by atoms with E-state index in [-0.39, 0.29) is 11.9 Å². The molecular formula is C14H19NO3. The van der Waals surface area contributed by atoms with Gasteiger partial charge in [0.25, 0.3) is 0 Å². The topological polar surface area (TPSA) is 55.4 Å². The first-order valence-corrected chi connectivity index (χ1v) is 6.11. The van der Waals surface area contributed by atoms with Crippen molar-refractivity contribution in [3.63, 3.8) is 0 Å². The molecule has 0 atom stereocenters. The number of benzene rings is 1. The van der Waals surface area contributed by atoms with Gasteiger partial charge in [-0.15, -0.1) is 0 Å². The highest BCUT2D eigenvalue weighted by Crippen LogP contribution is 2.06. The number of hydrogen-bond acceptors (Lipinski definition) is 3. The number of rotatable bonds is 6. The second-order valence-corrected chi connectivity index (χ2v) is 4.04. The SMILES string of the molecule is CCCC(=O)NCCc1ccc(C(=O)OC)cc1. The van der Waals surface area contributed by atoms with Crippen LogP contribution in [0.2, 0.25) is 0 Å². The van der Waals surface area contributed by atoms with Gasteiger partial charge in [-0.25, -0.2) is 4.79 Å². The van der Waals surface area contributed by atoms with Gasteiger partial charge >= 0.3 is 5.97 Å². The lowest BCUT2D eigenvalue weighted by molar-refractivity contribution is -0.121. The van der Waals surface area contributed by atoms with E-state index in [1.165, 1.54) is 7.11 Å². The summed E-state index contributed by atoms with van der Waals surface area (Å²) >= 11 is 0. The van der Waals surface area contributed by atoms with Gasteiger partial charge in [-0.3, -0.25) is 4.79 Å². The molecule has 4 nitrogen and oxygen atoms in total. The number of carbonyl (C=O) groups excluding carboxylic acids is 2. The molecule has 1 aromatic carbocycles. The highest BCUT2D eigenvalue weighted by atomic mass is 16.5. The number of amides is 1. The lowest BCUT2D eigenvalue weighted by atomic mass is 10.1. The fraction of sp³-hybridized carbons (Fsp3) is 0.429. The molecule has 1 aromatic rings. The zero-order chi connectivity index (χ0) is 13.4. The molecule has 0 unspecified atom stereocenters. The predicted octanol–water partition coefficient (Wildman–Crippen LogP) is 1.93. The van der Waals surface area contributed by atoms with Crippen LogP contribution in [0.5, 0.6) is 0 Å². The maximum atomic E-state index is 11.2. The van der Waals surface area contributed by atoms with E-state index >= 15 is 0 Å². The van der Waals surface area contributed by atoms with Crippen LogP contribution in [0.1, 0.15) is 35.7 Å². The van der Waals surface area contributed by atoms with Crippen molar-refractivity contribution in [3.05, 3.63) is 35.4 Å². The second kappa shape index (κ2) is 7.48. The van der Waals surface area contributed by atoms with Gasteiger partial charge in [-0.1, -0.05) is 19.1 Å². The van der Waals surface area contributed by atoms with Crippen LogP contribution in [0, 0.1) is 0 Å². The Kier molecular flexibility index (Phi) is 5.91. The van der Waals surface area contributed by atoms with E-state index in [2.05, 4.69) is 10.1 Å². The third-order valence-corrected chi connectivity index (χ3v) is 2.59. The van der Waals surface area contributed by atoms with Crippen molar-refractivity contribution >= 4 is 11.9 Å². The van der Waals surface area contributed by atoms with Crippen molar-refractivity contribution in [1.82, 2.24) is 5.32 Å². The van der Waals surface area contributed by atoms with Crippen LogP contribution in [0.4, 0.5) is 0 Å². The minimum absolute atomic E-state index is 0.0867. The third kappa shape index (κ3) is 4.57. The Morgan fingerprint density at radius 3 is 2.44 bits per heavy atom. The van der Waals surface area contributed by atoms with Crippen molar-refractivity contribution in [1.29, 1.82) is 0 Å². The van der Waals surface area contributed by atoms with Gasteiger partial charge in [0.05, 0.1) is 12.7 Å². The van der Waals surface area contributed by atoms with Gasteiger partial charge in [0, 0.05) is 13.0 Å². The number of carbonyl (C=O) groups is 2. The number of esters is 1. The molecule has 0 saturated carbocycles. The minimum Gasteiger partial charge on any atom is -0.465 e. The van der Waals surface area contributed by atoms with E-state index in [1.807, 2.05) is 19.1 Å². The molecule has 0 spiro atoms. The van der Waals surface area contributed by atoms with E-state index in [0.717, 1.165) is 18.4 Å². The summed E-state index contributed by atoms with van der Waals surface area (Å²) in [7, 11) is 1.36. The van der Waals surface area contributed by atoms with Gasteiger partial charge < -0.3 is 10.1 Å². The summed E-state index contributed by atoms with van der Waals surface area (Å²) in [5, 5.41) is 2.85. The molecule has 0 fully saturated rings. The molecule has 1 amide bonds. The van der Waals surface area contributed by atoms with E-state index in [4.69, 9.17) is 0 Å². The van der Waals surface area contributed by atoms with Gasteiger partial charge in [0.1, 0.15) is 0 Å². The molecule has 0 aliphatic carbocycles. The van der Waals surface area contributed by atoms with Crippen LogP contribution in [-0.2, 0) is 16.0 Å². The standard InChI is InChI=1S/C14H19NO3/c1-3-4-13(16)15-10-9-11-5-7-12(8-6-11)14(17)18-2/h5-8H,3-4,9-10H2,1-2H3,(H,15,16). The molecule has 1 N–H and O–H groups in total. The van der Waals surface area contributed by atoms with Gasteiger partial charge in [-0.2, -0.15) is 0 Å². The van der Waals surface area contributed by atoms with Crippen LogP contribution in [0.25, 0.3) is 0 Å². The van der Waals surface area contributed by atoms with E-state index in [0.29, 0.717) is 18.5 Å². The van der Waals surface area contributed by atoms with Crippen molar-refractivity contribution in [2.75, 3.05) is 13.7 Å². The van der Waals surface area contributed by atoms with Crippen molar-refractivity contribution in [2.24, 2.45) is 0 Å². The molecule has 0 aliphatic rings. The van der Waals surface area contributed by atoms with Gasteiger partial charge in [0.2, 0.25) is 5.91 Å². The summed E-state index contributed by atoms with van der Waals surface area (Å²) in [6.07, 6.45) is 2.19. The molecule has 0 radical (unpaired) electrons. The van der Waals surface area contributed by atoms with E-state index in [9.17, 15) is 9.59 Å². The normalized spacial score (nSPS) is 9.89. The summed E-state index contributed by atoms with van der Waals surface area (Å²) in [6.45, 7) is 2.60. The fourth-order valence-electron chi connectivity index (χ4n) is 1.59. The molecule has 4 heteroatoms. The number of methoxy groups -OCH3 is 1. The summed E-state index contributed by atoms with van der Waals surface area (Å²) in [4.78, 5) is 22.5. The molecule has 98 valence electrons. The van der Waals surface area contributed by atoms with Crippen LogP contribution in [0.15, 0.2) is 24.3 Å². The maximum absolute atomic E-state index is 11.2. The lowest BCUT2D eigenvalue weighted by Gasteiger charge is -2.05. The van der Waals surface area contributed by atoms with E-state index in [1.54, 1.807) is 12.1 Å². The van der Waals surface area contributed by atoms with Crippen LogP contribution >= 0.6 is 0 Å². The fourth-order valence-corrected chi connectivity index (χ4v) is 1.59. The second-order valence-electron chi connectivity index (χ2n) is 4.04. The quantitative estimate of drug-likeness (QED) is 0.784. The van der Waals surface area contributed by atoms with E-state index < -0.39 is 0 Å². The molecule has 0 aromatic heterocycles. The first-order chi connectivity index (χ1) is 8.67. The lowest BCUT2D eigenvalue weighted by Crippen LogP contribution is -2.25. The number of ether oxygens (including phenoxy) is 1. The Morgan fingerprint density at radius 2 is 1.89 bits per heavy atom. The Hall–Kier alpha value is -1.84. The smallest absolute Gasteiger partial charge is 0.337 e. The van der Waals surface area contributed by atoms with Crippen molar-refractivity contribution in [2.45, 2.75) is 26.2 Å². The summed E-state index contributed by atoms with van der Waals surface area (Å²) in [6, 6.07) is 7.21. The van der Waals surface area contributed by atoms with Crippen LogP contribution in [0.3, 0.4) is 0 Å². The number of hydrogen-bond donors (Lipinski definition) is 1. The highest BCUT2D eigenvalue weighted by Gasteiger charge is 2.04.